The number of carboxylic acids is 1. The van der Waals surface area contributed by atoms with Crippen LogP contribution in [0.5, 0.6) is 0 Å². The average molecular weight is 317 g/mol. The third-order valence-electron chi connectivity index (χ3n) is 3.15. The number of urea groups is 1. The van der Waals surface area contributed by atoms with Crippen LogP contribution in [0.25, 0.3) is 0 Å². The van der Waals surface area contributed by atoms with Gasteiger partial charge < -0.3 is 15.3 Å². The number of amides is 2. The fourth-order valence-corrected chi connectivity index (χ4v) is 2.74. The molecule has 0 fully saturated rings. The van der Waals surface area contributed by atoms with Crippen LogP contribution in [0.1, 0.15) is 17.5 Å². The van der Waals surface area contributed by atoms with E-state index in [0.717, 1.165) is 11.1 Å². The number of rotatable bonds is 3. The van der Waals surface area contributed by atoms with E-state index >= 15 is 0 Å². The third-order valence-corrected chi connectivity index (χ3v) is 3.71. The molecule has 1 aliphatic heterocycles. The second-order valence-corrected chi connectivity index (χ2v) is 5.42. The first-order valence-electron chi connectivity index (χ1n) is 6.18. The number of aliphatic carboxylic acids is 1. The minimum Gasteiger partial charge on any atom is -0.481 e. The van der Waals surface area contributed by atoms with Crippen LogP contribution in [0.3, 0.4) is 0 Å². The molecule has 0 saturated carbocycles. The molecule has 7 heteroatoms. The van der Waals surface area contributed by atoms with Gasteiger partial charge in [-0.05, 0) is 29.7 Å². The van der Waals surface area contributed by atoms with Gasteiger partial charge in [-0.15, -0.1) is 0 Å². The van der Waals surface area contributed by atoms with Crippen LogP contribution >= 0.6 is 23.2 Å². The fraction of sp³-hybridized carbons (Fsp3) is 0.385. The Bertz CT molecular complexity index is 549. The molecule has 0 spiro atoms. The van der Waals surface area contributed by atoms with Crippen molar-refractivity contribution >= 4 is 35.2 Å². The van der Waals surface area contributed by atoms with Gasteiger partial charge in [-0.2, -0.15) is 0 Å². The van der Waals surface area contributed by atoms with Gasteiger partial charge in [-0.3, -0.25) is 4.79 Å². The summed E-state index contributed by atoms with van der Waals surface area (Å²) in [6, 6.07) is 3.25. The van der Waals surface area contributed by atoms with Gasteiger partial charge >= 0.3 is 12.0 Å². The summed E-state index contributed by atoms with van der Waals surface area (Å²) in [7, 11) is 0. The summed E-state index contributed by atoms with van der Waals surface area (Å²) in [5.41, 5.74) is 1.95. The standard InChI is InChI=1S/C13H14Cl2N2O3/c14-9-5-8-2-4-17(7-10(8)11(15)6-9)13(20)16-3-1-12(18)19/h5-6H,1-4,7H2,(H,16,20)(H,18,19). The topological polar surface area (TPSA) is 69.6 Å². The van der Waals surface area contributed by atoms with Gasteiger partial charge in [0.2, 0.25) is 0 Å². The number of fused-ring (bicyclic) bond motifs is 1. The molecular formula is C13H14Cl2N2O3. The monoisotopic (exact) mass is 316 g/mol. The first kappa shape index (κ1) is 14.9. The summed E-state index contributed by atoms with van der Waals surface area (Å²) < 4.78 is 0. The zero-order chi connectivity index (χ0) is 14.7. The first-order valence-corrected chi connectivity index (χ1v) is 6.94. The molecule has 0 saturated heterocycles. The molecule has 2 amide bonds. The molecule has 0 atom stereocenters. The maximum atomic E-state index is 11.9. The Kier molecular flexibility index (Phi) is 4.73. The predicted octanol–water partition coefficient (Wildman–Crippen LogP) is 2.54. The molecule has 20 heavy (non-hydrogen) atoms. The van der Waals surface area contributed by atoms with E-state index in [2.05, 4.69) is 5.32 Å². The SMILES string of the molecule is O=C(O)CCNC(=O)N1CCc2cc(Cl)cc(Cl)c2C1. The lowest BCUT2D eigenvalue weighted by Crippen LogP contribution is -2.43. The number of halogens is 2. The van der Waals surface area contributed by atoms with Crippen LogP contribution in [-0.2, 0) is 17.8 Å². The van der Waals surface area contributed by atoms with Crippen LogP contribution in [0.4, 0.5) is 4.79 Å². The number of hydrogen-bond donors (Lipinski definition) is 2. The molecule has 2 rings (SSSR count). The van der Waals surface area contributed by atoms with Crippen molar-refractivity contribution in [2.75, 3.05) is 13.1 Å². The molecule has 0 bridgehead atoms. The number of carboxylic acid groups (broad SMARTS) is 1. The van der Waals surface area contributed by atoms with E-state index in [-0.39, 0.29) is 19.0 Å². The first-order chi connectivity index (χ1) is 9.47. The van der Waals surface area contributed by atoms with E-state index in [1.807, 2.05) is 6.07 Å². The summed E-state index contributed by atoms with van der Waals surface area (Å²) in [4.78, 5) is 23.9. The Morgan fingerprint density at radius 1 is 1.35 bits per heavy atom. The second-order valence-electron chi connectivity index (χ2n) is 4.57. The van der Waals surface area contributed by atoms with E-state index in [1.165, 1.54) is 0 Å². The summed E-state index contributed by atoms with van der Waals surface area (Å²) in [5, 5.41) is 12.3. The van der Waals surface area contributed by atoms with Crippen molar-refractivity contribution in [1.29, 1.82) is 0 Å². The van der Waals surface area contributed by atoms with E-state index in [4.69, 9.17) is 28.3 Å². The van der Waals surface area contributed by atoms with E-state index in [9.17, 15) is 9.59 Å². The Morgan fingerprint density at radius 3 is 2.80 bits per heavy atom. The van der Waals surface area contributed by atoms with Crippen LogP contribution in [-0.4, -0.2) is 35.1 Å². The quantitative estimate of drug-likeness (QED) is 0.900. The van der Waals surface area contributed by atoms with E-state index < -0.39 is 5.97 Å². The molecule has 1 heterocycles. The van der Waals surface area contributed by atoms with Gasteiger partial charge in [0.1, 0.15) is 0 Å². The molecule has 2 N–H and O–H groups in total. The lowest BCUT2D eigenvalue weighted by Gasteiger charge is -2.29. The predicted molar refractivity (Wildman–Crippen MR) is 76.2 cm³/mol. The third kappa shape index (κ3) is 3.55. The van der Waals surface area contributed by atoms with Crippen LogP contribution in [0.2, 0.25) is 10.0 Å². The van der Waals surface area contributed by atoms with Gasteiger partial charge in [0.15, 0.2) is 0 Å². The Balaban J connectivity index is 2.00. The summed E-state index contributed by atoms with van der Waals surface area (Å²) >= 11 is 12.1. The average Bonchev–Trinajstić information content (AvgIpc) is 2.37. The van der Waals surface area contributed by atoms with Crippen LogP contribution in [0, 0.1) is 0 Å². The second kappa shape index (κ2) is 6.33. The van der Waals surface area contributed by atoms with Crippen molar-refractivity contribution in [3.8, 4) is 0 Å². The van der Waals surface area contributed by atoms with Gasteiger partial charge in [0.05, 0.1) is 6.42 Å². The van der Waals surface area contributed by atoms with Crippen LogP contribution in [0.15, 0.2) is 12.1 Å². The minimum atomic E-state index is -0.938. The highest BCUT2D eigenvalue weighted by atomic mass is 35.5. The zero-order valence-electron chi connectivity index (χ0n) is 10.7. The minimum absolute atomic E-state index is 0.0907. The fourth-order valence-electron chi connectivity index (χ4n) is 2.14. The van der Waals surface area contributed by atoms with E-state index in [1.54, 1.807) is 11.0 Å². The van der Waals surface area contributed by atoms with Gasteiger partial charge in [0, 0.05) is 29.7 Å². The number of carbonyl (C=O) groups excluding carboxylic acids is 1. The Morgan fingerprint density at radius 2 is 2.10 bits per heavy atom. The molecule has 1 aromatic rings. The van der Waals surface area contributed by atoms with Gasteiger partial charge in [-0.1, -0.05) is 23.2 Å². The summed E-state index contributed by atoms with van der Waals surface area (Å²) in [5.74, 6) is -0.938. The van der Waals surface area contributed by atoms with Crippen molar-refractivity contribution < 1.29 is 14.7 Å². The van der Waals surface area contributed by atoms with Crippen molar-refractivity contribution in [3.63, 3.8) is 0 Å². The van der Waals surface area contributed by atoms with Crippen molar-refractivity contribution in [1.82, 2.24) is 10.2 Å². The number of nitrogens with one attached hydrogen (secondary N) is 1. The van der Waals surface area contributed by atoms with Crippen molar-refractivity contribution in [3.05, 3.63) is 33.3 Å². The lowest BCUT2D eigenvalue weighted by molar-refractivity contribution is -0.136. The molecular weight excluding hydrogens is 303 g/mol. The largest absolute Gasteiger partial charge is 0.481 e. The maximum Gasteiger partial charge on any atom is 0.317 e. The number of nitrogens with zero attached hydrogens (tertiary/aromatic N) is 1. The smallest absolute Gasteiger partial charge is 0.317 e. The molecule has 108 valence electrons. The Hall–Kier alpha value is -1.46. The zero-order valence-corrected chi connectivity index (χ0v) is 12.2. The molecule has 0 aromatic heterocycles. The number of benzene rings is 1. The maximum absolute atomic E-state index is 11.9. The molecule has 1 aromatic carbocycles. The van der Waals surface area contributed by atoms with Crippen LogP contribution < -0.4 is 5.32 Å². The lowest BCUT2D eigenvalue weighted by atomic mass is 10.00. The molecule has 0 unspecified atom stereocenters. The molecule has 1 aliphatic rings. The van der Waals surface area contributed by atoms with Crippen molar-refractivity contribution in [2.45, 2.75) is 19.4 Å². The normalized spacial score (nSPS) is 13.8. The van der Waals surface area contributed by atoms with Gasteiger partial charge in [-0.25, -0.2) is 4.79 Å². The highest BCUT2D eigenvalue weighted by Crippen LogP contribution is 2.29. The highest BCUT2D eigenvalue weighted by molar-refractivity contribution is 6.35. The number of hydrogen-bond acceptors (Lipinski definition) is 2. The molecule has 0 radical (unpaired) electrons. The van der Waals surface area contributed by atoms with Gasteiger partial charge in [0.25, 0.3) is 0 Å². The molecule has 5 nitrogen and oxygen atoms in total. The van der Waals surface area contributed by atoms with E-state index in [0.29, 0.717) is 29.6 Å². The van der Waals surface area contributed by atoms with Crippen molar-refractivity contribution in [2.24, 2.45) is 0 Å². The Labute approximate surface area is 126 Å². The number of carbonyl (C=O) groups is 2. The molecule has 0 aliphatic carbocycles. The summed E-state index contributed by atoms with van der Waals surface area (Å²) in [6.45, 7) is 1.08. The highest BCUT2D eigenvalue weighted by Gasteiger charge is 2.22. The summed E-state index contributed by atoms with van der Waals surface area (Å²) in [6.07, 6.45) is 0.592.